The fraction of sp³-hybridized carbons (Fsp3) is 0.174. The van der Waals surface area contributed by atoms with Crippen LogP contribution in [0, 0.1) is 6.92 Å². The maximum absolute atomic E-state index is 12.9. The van der Waals surface area contributed by atoms with Crippen molar-refractivity contribution >= 4 is 44.9 Å². The van der Waals surface area contributed by atoms with Crippen LogP contribution in [0.15, 0.2) is 70.6 Å². The molecule has 30 heavy (non-hydrogen) atoms. The predicted molar refractivity (Wildman–Crippen MR) is 126 cm³/mol. The maximum atomic E-state index is 12.9. The second-order valence-electron chi connectivity index (χ2n) is 6.71. The molecule has 7 heteroatoms. The van der Waals surface area contributed by atoms with Crippen molar-refractivity contribution in [2.75, 3.05) is 17.2 Å². The van der Waals surface area contributed by atoms with Crippen molar-refractivity contribution in [2.24, 2.45) is 0 Å². The summed E-state index contributed by atoms with van der Waals surface area (Å²) in [4.78, 5) is 36.6. The van der Waals surface area contributed by atoms with Gasteiger partial charge in [-0.05, 0) is 31.5 Å². The van der Waals surface area contributed by atoms with Gasteiger partial charge in [-0.25, -0.2) is 4.98 Å². The van der Waals surface area contributed by atoms with Crippen LogP contribution in [0.4, 0.5) is 5.69 Å². The van der Waals surface area contributed by atoms with Gasteiger partial charge >= 0.3 is 0 Å². The first-order valence-corrected chi connectivity index (χ1v) is 11.5. The van der Waals surface area contributed by atoms with Gasteiger partial charge in [0, 0.05) is 22.7 Å². The molecule has 0 aliphatic carbocycles. The summed E-state index contributed by atoms with van der Waals surface area (Å²) in [7, 11) is 0. The standard InChI is InChI=1S/C23H21N3O2S2/c1-3-26(17-12-8-5-9-13-17)18(27)14-29-23-24-21(28)20-19(15(2)30-22(20)25-23)16-10-6-4-7-11-16/h4-13H,3,14H2,1-2H3,(H,24,25,28). The van der Waals surface area contributed by atoms with Crippen molar-refractivity contribution < 1.29 is 4.79 Å². The Balaban J connectivity index is 1.59. The second-order valence-corrected chi connectivity index (χ2v) is 8.88. The predicted octanol–water partition coefficient (Wildman–Crippen LogP) is 5.11. The van der Waals surface area contributed by atoms with E-state index in [1.807, 2.05) is 74.5 Å². The van der Waals surface area contributed by atoms with Crippen molar-refractivity contribution in [2.45, 2.75) is 19.0 Å². The Hall–Kier alpha value is -2.90. The zero-order valence-corrected chi connectivity index (χ0v) is 18.3. The van der Waals surface area contributed by atoms with Gasteiger partial charge in [0.25, 0.3) is 5.56 Å². The minimum Gasteiger partial charge on any atom is -0.312 e. The Labute approximate surface area is 182 Å². The number of anilines is 1. The number of thioether (sulfide) groups is 1. The van der Waals surface area contributed by atoms with E-state index in [2.05, 4.69) is 9.97 Å². The number of H-pyrrole nitrogens is 1. The van der Waals surface area contributed by atoms with Gasteiger partial charge in [-0.3, -0.25) is 9.59 Å². The smallest absolute Gasteiger partial charge is 0.260 e. The van der Waals surface area contributed by atoms with Gasteiger partial charge in [0.1, 0.15) is 4.83 Å². The third-order valence-corrected chi connectivity index (χ3v) is 6.65. The van der Waals surface area contributed by atoms with Crippen LogP contribution >= 0.6 is 23.1 Å². The molecule has 0 unspecified atom stereocenters. The summed E-state index contributed by atoms with van der Waals surface area (Å²) in [5, 5.41) is 1.07. The lowest BCUT2D eigenvalue weighted by molar-refractivity contribution is -0.116. The Kier molecular flexibility index (Phi) is 6.01. The van der Waals surface area contributed by atoms with Crippen LogP contribution < -0.4 is 10.5 Å². The molecule has 2 aromatic carbocycles. The Morgan fingerprint density at radius 2 is 1.77 bits per heavy atom. The number of nitrogens with zero attached hydrogens (tertiary/aromatic N) is 2. The van der Waals surface area contributed by atoms with Crippen molar-refractivity contribution in [3.8, 4) is 11.1 Å². The molecule has 5 nitrogen and oxygen atoms in total. The highest BCUT2D eigenvalue weighted by molar-refractivity contribution is 7.99. The monoisotopic (exact) mass is 435 g/mol. The minimum atomic E-state index is -0.173. The number of hydrogen-bond acceptors (Lipinski definition) is 5. The minimum absolute atomic E-state index is 0.0243. The highest BCUT2D eigenvalue weighted by Gasteiger charge is 2.18. The molecule has 4 aromatic rings. The third kappa shape index (κ3) is 4.04. The van der Waals surface area contributed by atoms with Crippen LogP contribution in [0.2, 0.25) is 0 Å². The number of amides is 1. The van der Waals surface area contributed by atoms with Crippen LogP contribution in [0.5, 0.6) is 0 Å². The zero-order chi connectivity index (χ0) is 21.1. The molecule has 0 bridgehead atoms. The first-order valence-electron chi connectivity index (χ1n) is 9.65. The number of aromatic nitrogens is 2. The van der Waals surface area contributed by atoms with Gasteiger partial charge in [-0.1, -0.05) is 60.3 Å². The summed E-state index contributed by atoms with van der Waals surface area (Å²) in [5.41, 5.74) is 2.63. The largest absolute Gasteiger partial charge is 0.312 e. The van der Waals surface area contributed by atoms with E-state index in [1.165, 1.54) is 23.1 Å². The van der Waals surface area contributed by atoms with Crippen LogP contribution in [-0.4, -0.2) is 28.2 Å². The molecule has 0 saturated heterocycles. The summed E-state index contributed by atoms with van der Waals surface area (Å²) in [6.07, 6.45) is 0. The molecule has 1 amide bonds. The van der Waals surface area contributed by atoms with Gasteiger partial charge < -0.3 is 9.88 Å². The number of rotatable bonds is 6. The summed E-state index contributed by atoms with van der Waals surface area (Å²) >= 11 is 2.76. The maximum Gasteiger partial charge on any atom is 0.260 e. The van der Waals surface area contributed by atoms with E-state index in [4.69, 9.17) is 0 Å². The second kappa shape index (κ2) is 8.85. The normalized spacial score (nSPS) is 11.0. The van der Waals surface area contributed by atoms with Crippen molar-refractivity contribution in [3.63, 3.8) is 0 Å². The molecular formula is C23H21N3O2S2. The molecule has 4 rings (SSSR count). The molecule has 1 N–H and O–H groups in total. The molecule has 0 saturated carbocycles. The number of hydrogen-bond donors (Lipinski definition) is 1. The van der Waals surface area contributed by atoms with Gasteiger partial charge in [-0.2, -0.15) is 0 Å². The van der Waals surface area contributed by atoms with Crippen molar-refractivity contribution in [3.05, 3.63) is 75.9 Å². The SMILES string of the molecule is CCN(C(=O)CSc1nc2sc(C)c(-c3ccccc3)c2c(=O)[nH]1)c1ccccc1. The highest BCUT2D eigenvalue weighted by atomic mass is 32.2. The van der Waals surface area contributed by atoms with Crippen LogP contribution in [-0.2, 0) is 4.79 Å². The van der Waals surface area contributed by atoms with E-state index in [0.717, 1.165) is 21.7 Å². The number of thiophene rings is 1. The quantitative estimate of drug-likeness (QED) is 0.338. The average molecular weight is 436 g/mol. The van der Waals surface area contributed by atoms with Gasteiger partial charge in [0.05, 0.1) is 11.1 Å². The van der Waals surface area contributed by atoms with E-state index in [0.29, 0.717) is 21.9 Å². The molecular weight excluding hydrogens is 414 g/mol. The third-order valence-electron chi connectivity index (χ3n) is 4.80. The molecule has 0 aliphatic heterocycles. The summed E-state index contributed by atoms with van der Waals surface area (Å²) in [5.74, 6) is 0.177. The van der Waals surface area contributed by atoms with Crippen LogP contribution in [0.3, 0.4) is 0 Å². The van der Waals surface area contributed by atoms with Gasteiger partial charge in [-0.15, -0.1) is 11.3 Å². The van der Waals surface area contributed by atoms with E-state index < -0.39 is 0 Å². The zero-order valence-electron chi connectivity index (χ0n) is 16.7. The van der Waals surface area contributed by atoms with Gasteiger partial charge in [0.2, 0.25) is 5.91 Å². The number of nitrogens with one attached hydrogen (secondary N) is 1. The van der Waals surface area contributed by atoms with E-state index in [9.17, 15) is 9.59 Å². The number of para-hydroxylation sites is 1. The number of carbonyl (C=O) groups excluding carboxylic acids is 1. The van der Waals surface area contributed by atoms with E-state index >= 15 is 0 Å². The van der Waals surface area contributed by atoms with E-state index in [-0.39, 0.29) is 17.2 Å². The molecule has 0 fully saturated rings. The molecule has 152 valence electrons. The molecule has 0 atom stereocenters. The average Bonchev–Trinajstić information content (AvgIpc) is 3.10. The fourth-order valence-corrected chi connectivity index (χ4v) is 5.28. The lowest BCUT2D eigenvalue weighted by Crippen LogP contribution is -2.32. The Bertz CT molecular complexity index is 1230. The Morgan fingerprint density at radius 3 is 2.43 bits per heavy atom. The number of aromatic amines is 1. The Morgan fingerprint density at radius 1 is 1.10 bits per heavy atom. The van der Waals surface area contributed by atoms with Crippen molar-refractivity contribution in [1.82, 2.24) is 9.97 Å². The first-order chi connectivity index (χ1) is 14.6. The van der Waals surface area contributed by atoms with E-state index in [1.54, 1.807) is 4.90 Å². The summed E-state index contributed by atoms with van der Waals surface area (Å²) < 4.78 is 0. The first kappa shape index (κ1) is 20.4. The summed E-state index contributed by atoms with van der Waals surface area (Å²) in [6, 6.07) is 19.4. The number of fused-ring (bicyclic) bond motifs is 1. The highest BCUT2D eigenvalue weighted by Crippen LogP contribution is 2.35. The number of benzene rings is 2. The number of carbonyl (C=O) groups is 1. The van der Waals surface area contributed by atoms with Crippen molar-refractivity contribution in [1.29, 1.82) is 0 Å². The topological polar surface area (TPSA) is 66.1 Å². The molecule has 2 heterocycles. The van der Waals surface area contributed by atoms with Crippen LogP contribution in [0.1, 0.15) is 11.8 Å². The number of aryl methyl sites for hydroxylation is 1. The fourth-order valence-electron chi connectivity index (χ4n) is 3.44. The summed E-state index contributed by atoms with van der Waals surface area (Å²) in [6.45, 7) is 4.53. The molecule has 0 spiro atoms. The molecule has 0 radical (unpaired) electrons. The molecule has 0 aliphatic rings. The van der Waals surface area contributed by atoms with Crippen LogP contribution in [0.25, 0.3) is 21.3 Å². The lowest BCUT2D eigenvalue weighted by Gasteiger charge is -2.20. The van der Waals surface area contributed by atoms with Gasteiger partial charge in [0.15, 0.2) is 5.16 Å². The lowest BCUT2D eigenvalue weighted by atomic mass is 10.0. The molecule has 2 aromatic heterocycles.